The lowest BCUT2D eigenvalue weighted by Gasteiger charge is -2.12. The minimum Gasteiger partial charge on any atom is -0.489 e. The highest BCUT2D eigenvalue weighted by Gasteiger charge is 2.05. The largest absolute Gasteiger partial charge is 0.489 e. The zero-order valence-corrected chi connectivity index (χ0v) is 11.8. The molecule has 2 rings (SSSR count). The van der Waals surface area contributed by atoms with Crippen molar-refractivity contribution in [2.45, 2.75) is 20.0 Å². The monoisotopic (exact) mass is 275 g/mol. The molecule has 2 aromatic carbocycles. The summed E-state index contributed by atoms with van der Waals surface area (Å²) >= 11 is 6.12. The smallest absolute Gasteiger partial charge is 0.123 e. The van der Waals surface area contributed by atoms with Crippen molar-refractivity contribution < 1.29 is 4.74 Å². The molecule has 100 valence electrons. The highest BCUT2D eigenvalue weighted by Crippen LogP contribution is 2.23. The highest BCUT2D eigenvalue weighted by atomic mass is 35.5. The van der Waals surface area contributed by atoms with Gasteiger partial charge in [0, 0.05) is 10.6 Å². The van der Waals surface area contributed by atoms with E-state index in [-0.39, 0.29) is 0 Å². The normalized spacial score (nSPS) is 10.5. The van der Waals surface area contributed by atoms with Gasteiger partial charge in [-0.05, 0) is 37.6 Å². The van der Waals surface area contributed by atoms with Crippen LogP contribution in [0.4, 0.5) is 0 Å². The van der Waals surface area contributed by atoms with Gasteiger partial charge in [-0.2, -0.15) is 0 Å². The molecular weight excluding hydrogens is 258 g/mol. The summed E-state index contributed by atoms with van der Waals surface area (Å²) in [6.07, 6.45) is 0.819. The Morgan fingerprint density at radius 1 is 1.11 bits per heavy atom. The van der Waals surface area contributed by atoms with Gasteiger partial charge in [-0.25, -0.2) is 0 Å². The first-order valence-corrected chi connectivity index (χ1v) is 6.74. The van der Waals surface area contributed by atoms with E-state index in [9.17, 15) is 0 Å². The average Bonchev–Trinajstić information content (AvgIpc) is 2.40. The lowest BCUT2D eigenvalue weighted by Crippen LogP contribution is -2.06. The third-order valence-corrected chi connectivity index (χ3v) is 3.34. The Balaban J connectivity index is 2.13. The maximum Gasteiger partial charge on any atom is 0.123 e. The van der Waals surface area contributed by atoms with Gasteiger partial charge in [0.2, 0.25) is 0 Å². The lowest BCUT2D eigenvalue weighted by atomic mass is 10.1. The Bertz CT molecular complexity index is 554. The van der Waals surface area contributed by atoms with Crippen molar-refractivity contribution in [3.63, 3.8) is 0 Å². The average molecular weight is 276 g/mol. The van der Waals surface area contributed by atoms with E-state index in [0.717, 1.165) is 28.3 Å². The second-order valence-corrected chi connectivity index (χ2v) is 4.94. The van der Waals surface area contributed by atoms with Crippen LogP contribution < -0.4 is 10.5 Å². The van der Waals surface area contributed by atoms with Gasteiger partial charge in [0.25, 0.3) is 0 Å². The molecule has 2 nitrogen and oxygen atoms in total. The second-order valence-electron chi connectivity index (χ2n) is 4.53. The van der Waals surface area contributed by atoms with Gasteiger partial charge in [-0.3, -0.25) is 0 Å². The summed E-state index contributed by atoms with van der Waals surface area (Å²) in [5, 5.41) is 0.731. The minimum absolute atomic E-state index is 0.473. The molecule has 0 aliphatic carbocycles. The van der Waals surface area contributed by atoms with Crippen LogP contribution in [0.2, 0.25) is 5.02 Å². The van der Waals surface area contributed by atoms with Gasteiger partial charge in [-0.15, -0.1) is 0 Å². The molecule has 0 saturated carbocycles. The third kappa shape index (κ3) is 3.72. The molecule has 2 N–H and O–H groups in total. The fourth-order valence-corrected chi connectivity index (χ4v) is 2.16. The van der Waals surface area contributed by atoms with Crippen LogP contribution in [0.1, 0.15) is 16.7 Å². The summed E-state index contributed by atoms with van der Waals surface area (Å²) in [5.74, 6) is 0.885. The van der Waals surface area contributed by atoms with Gasteiger partial charge in [-0.1, -0.05) is 47.5 Å². The van der Waals surface area contributed by atoms with Crippen LogP contribution in [0.3, 0.4) is 0 Å². The van der Waals surface area contributed by atoms with Crippen LogP contribution in [0, 0.1) is 6.92 Å². The number of hydrogen-bond acceptors (Lipinski definition) is 2. The van der Waals surface area contributed by atoms with E-state index in [2.05, 4.69) is 13.0 Å². The van der Waals surface area contributed by atoms with E-state index in [1.54, 1.807) is 0 Å². The topological polar surface area (TPSA) is 35.2 Å². The number of nitrogens with two attached hydrogens (primary N) is 1. The van der Waals surface area contributed by atoms with Crippen molar-refractivity contribution in [2.75, 3.05) is 6.54 Å². The zero-order valence-electron chi connectivity index (χ0n) is 11.0. The molecule has 2 aromatic rings. The highest BCUT2D eigenvalue weighted by molar-refractivity contribution is 6.31. The van der Waals surface area contributed by atoms with Crippen LogP contribution >= 0.6 is 11.6 Å². The molecular formula is C16H18ClNO. The molecule has 0 aromatic heterocycles. The molecule has 0 bridgehead atoms. The first kappa shape index (κ1) is 13.9. The van der Waals surface area contributed by atoms with Gasteiger partial charge < -0.3 is 10.5 Å². The van der Waals surface area contributed by atoms with E-state index >= 15 is 0 Å². The summed E-state index contributed by atoms with van der Waals surface area (Å²) in [4.78, 5) is 0. The van der Waals surface area contributed by atoms with Crippen LogP contribution in [0.15, 0.2) is 42.5 Å². The molecule has 0 amide bonds. The van der Waals surface area contributed by atoms with Crippen LogP contribution in [0.25, 0.3) is 0 Å². The summed E-state index contributed by atoms with van der Waals surface area (Å²) in [5.41, 5.74) is 8.99. The molecule has 3 heteroatoms. The first-order valence-electron chi connectivity index (χ1n) is 6.36. The Labute approximate surface area is 119 Å². The molecule has 0 atom stereocenters. The summed E-state index contributed by atoms with van der Waals surface area (Å²) in [7, 11) is 0. The van der Waals surface area contributed by atoms with Crippen molar-refractivity contribution in [3.8, 4) is 5.75 Å². The number of halogens is 1. The quantitative estimate of drug-likeness (QED) is 0.902. The molecule has 0 aliphatic heterocycles. The molecule has 0 spiro atoms. The van der Waals surface area contributed by atoms with Gasteiger partial charge in [0.15, 0.2) is 0 Å². The number of ether oxygens (including phenoxy) is 1. The molecule has 0 radical (unpaired) electrons. The van der Waals surface area contributed by atoms with Gasteiger partial charge >= 0.3 is 0 Å². The Morgan fingerprint density at radius 2 is 1.89 bits per heavy atom. The SMILES string of the molecule is Cc1ccc(OCc2ccccc2Cl)c(CCN)c1. The van der Waals surface area contributed by atoms with Crippen molar-refractivity contribution >= 4 is 11.6 Å². The molecule has 0 fully saturated rings. The Hall–Kier alpha value is -1.51. The molecule has 0 heterocycles. The summed E-state index contributed by atoms with van der Waals surface area (Å²) in [6.45, 7) is 3.16. The number of rotatable bonds is 5. The molecule has 0 saturated heterocycles. The Kier molecular flexibility index (Phi) is 4.83. The number of benzene rings is 2. The summed E-state index contributed by atoms with van der Waals surface area (Å²) < 4.78 is 5.87. The Morgan fingerprint density at radius 3 is 2.63 bits per heavy atom. The molecule has 19 heavy (non-hydrogen) atoms. The van der Waals surface area contributed by atoms with Crippen molar-refractivity contribution in [2.24, 2.45) is 5.73 Å². The lowest BCUT2D eigenvalue weighted by molar-refractivity contribution is 0.303. The third-order valence-electron chi connectivity index (χ3n) is 2.97. The van der Waals surface area contributed by atoms with E-state index in [1.165, 1.54) is 5.56 Å². The van der Waals surface area contributed by atoms with Crippen LogP contribution in [-0.2, 0) is 13.0 Å². The molecule has 0 aliphatic rings. The van der Waals surface area contributed by atoms with E-state index in [4.69, 9.17) is 22.1 Å². The fraction of sp³-hybridized carbons (Fsp3) is 0.250. The van der Waals surface area contributed by atoms with Crippen molar-refractivity contribution in [1.82, 2.24) is 0 Å². The van der Waals surface area contributed by atoms with Gasteiger partial charge in [0.05, 0.1) is 0 Å². The number of hydrogen-bond donors (Lipinski definition) is 1. The van der Waals surface area contributed by atoms with E-state index < -0.39 is 0 Å². The maximum absolute atomic E-state index is 6.12. The summed E-state index contributed by atoms with van der Waals surface area (Å²) in [6, 6.07) is 13.9. The minimum atomic E-state index is 0.473. The predicted molar refractivity (Wildman–Crippen MR) is 79.7 cm³/mol. The van der Waals surface area contributed by atoms with E-state index in [0.29, 0.717) is 13.2 Å². The van der Waals surface area contributed by atoms with Crippen LogP contribution in [0.5, 0.6) is 5.75 Å². The van der Waals surface area contributed by atoms with Gasteiger partial charge in [0.1, 0.15) is 12.4 Å². The number of aryl methyl sites for hydroxylation is 1. The van der Waals surface area contributed by atoms with Crippen molar-refractivity contribution in [3.05, 3.63) is 64.2 Å². The second kappa shape index (κ2) is 6.60. The first-order chi connectivity index (χ1) is 9.20. The maximum atomic E-state index is 6.12. The zero-order chi connectivity index (χ0) is 13.7. The standard InChI is InChI=1S/C16H18ClNO/c1-12-6-7-16(13(10-12)8-9-18)19-11-14-4-2-3-5-15(14)17/h2-7,10H,8-9,11,18H2,1H3. The van der Waals surface area contributed by atoms with E-state index in [1.807, 2.05) is 36.4 Å². The van der Waals surface area contributed by atoms with Crippen molar-refractivity contribution in [1.29, 1.82) is 0 Å². The van der Waals surface area contributed by atoms with Crippen LogP contribution in [-0.4, -0.2) is 6.54 Å². The predicted octanol–water partition coefficient (Wildman–Crippen LogP) is 3.73. The fourth-order valence-electron chi connectivity index (χ4n) is 1.97. The molecule has 0 unspecified atom stereocenters.